The highest BCUT2D eigenvalue weighted by Crippen LogP contribution is 2.62. The second-order valence-corrected chi connectivity index (χ2v) is 8.11. The van der Waals surface area contributed by atoms with Crippen molar-refractivity contribution in [3.8, 4) is 0 Å². The van der Waals surface area contributed by atoms with Crippen LogP contribution in [-0.4, -0.2) is 64.9 Å². The second-order valence-electron chi connectivity index (χ2n) is 8.11. The zero-order chi connectivity index (χ0) is 18.4. The summed E-state index contributed by atoms with van der Waals surface area (Å²) in [7, 11) is 0. The summed E-state index contributed by atoms with van der Waals surface area (Å²) in [6, 6.07) is -0.0496. The molecule has 0 amide bonds. The Labute approximate surface area is 155 Å². The number of rotatable bonds is 4. The first-order valence-corrected chi connectivity index (χ1v) is 9.77. The number of Topliss-reactive ketones (excluding diaryl/α,β-unsaturated/α-hetero) is 1. The third-order valence-electron chi connectivity index (χ3n) is 7.13. The third-order valence-corrected chi connectivity index (χ3v) is 7.13. The maximum Gasteiger partial charge on any atom is 0.133 e. The highest BCUT2D eigenvalue weighted by molar-refractivity contribution is 5.78. The fraction of sp³-hybridized carbons (Fsp3) is 0.667. The molecule has 3 unspecified atom stereocenters. The normalized spacial score (nSPS) is 40.5. The number of piperidine rings is 1. The Morgan fingerprint density at radius 3 is 2.96 bits per heavy atom. The van der Waals surface area contributed by atoms with Crippen LogP contribution in [0.1, 0.15) is 38.5 Å². The standard InChI is InChI=1S/C21H29NO4/c1-2-10-22-11-9-20-17-14-26-19(20)6-5-16(24)7-8-21(20,25)18(22)13-15(17)4-3-12-23/h2-4,18-19,23,25H,1,5-14H2/b4-3-/t18?,19-,20?,21?/m0/s1. The molecule has 1 saturated carbocycles. The second kappa shape index (κ2) is 6.71. The Hall–Kier alpha value is -1.27. The lowest BCUT2D eigenvalue weighted by Gasteiger charge is -2.62. The molecular formula is C21H29NO4. The summed E-state index contributed by atoms with van der Waals surface area (Å²) < 4.78 is 6.20. The average molecular weight is 359 g/mol. The van der Waals surface area contributed by atoms with Gasteiger partial charge in [0, 0.05) is 25.4 Å². The van der Waals surface area contributed by atoms with E-state index in [1.807, 2.05) is 12.2 Å². The van der Waals surface area contributed by atoms with E-state index in [0.717, 1.165) is 25.9 Å². The molecule has 2 saturated heterocycles. The van der Waals surface area contributed by atoms with Crippen molar-refractivity contribution in [1.29, 1.82) is 0 Å². The first kappa shape index (κ1) is 18.1. The summed E-state index contributed by atoms with van der Waals surface area (Å²) in [6.45, 7) is 6.06. The van der Waals surface area contributed by atoms with Crippen LogP contribution in [0.15, 0.2) is 36.0 Å². The molecular weight excluding hydrogens is 330 g/mol. The molecule has 5 nitrogen and oxygen atoms in total. The van der Waals surface area contributed by atoms with E-state index >= 15 is 0 Å². The SMILES string of the molecule is C=CCN1CCC23C4=C(/C=C\CO)CC1C2(O)CCC(=O)CC[C@@H]3OC4. The van der Waals surface area contributed by atoms with Crippen LogP contribution in [0.5, 0.6) is 0 Å². The Bertz CT molecular complexity index is 669. The predicted octanol–water partition coefficient (Wildman–Crippen LogP) is 1.75. The van der Waals surface area contributed by atoms with Gasteiger partial charge in [-0.1, -0.05) is 18.2 Å². The molecule has 26 heavy (non-hydrogen) atoms. The third kappa shape index (κ3) is 2.41. The Balaban J connectivity index is 1.87. The van der Waals surface area contributed by atoms with Crippen molar-refractivity contribution in [2.45, 2.75) is 56.3 Å². The number of carbonyl (C=O) groups excluding carboxylic acids is 1. The monoisotopic (exact) mass is 359 g/mol. The molecule has 0 aromatic heterocycles. The van der Waals surface area contributed by atoms with Gasteiger partial charge in [0.15, 0.2) is 0 Å². The van der Waals surface area contributed by atoms with Crippen molar-refractivity contribution in [3.05, 3.63) is 36.0 Å². The Kier molecular flexibility index (Phi) is 4.68. The van der Waals surface area contributed by atoms with Gasteiger partial charge in [-0.3, -0.25) is 9.69 Å². The topological polar surface area (TPSA) is 70.0 Å². The lowest BCUT2D eigenvalue weighted by Crippen LogP contribution is -2.71. The highest BCUT2D eigenvalue weighted by Gasteiger charge is 2.68. The fourth-order valence-corrected chi connectivity index (χ4v) is 6.02. The average Bonchev–Trinajstić information content (AvgIpc) is 2.98. The molecule has 2 heterocycles. The van der Waals surface area contributed by atoms with Crippen LogP contribution in [0.3, 0.4) is 0 Å². The van der Waals surface area contributed by atoms with Crippen molar-refractivity contribution in [2.75, 3.05) is 26.3 Å². The molecule has 4 aliphatic rings. The Morgan fingerprint density at radius 2 is 2.19 bits per heavy atom. The summed E-state index contributed by atoms with van der Waals surface area (Å²) in [4.78, 5) is 14.5. The summed E-state index contributed by atoms with van der Waals surface area (Å²) >= 11 is 0. The van der Waals surface area contributed by atoms with Crippen LogP contribution in [0, 0.1) is 5.41 Å². The summed E-state index contributed by atoms with van der Waals surface area (Å²) in [6.07, 6.45) is 9.32. The lowest BCUT2D eigenvalue weighted by molar-refractivity contribution is -0.194. The molecule has 2 aliphatic carbocycles. The first-order chi connectivity index (χ1) is 12.6. The van der Waals surface area contributed by atoms with Crippen molar-refractivity contribution >= 4 is 5.78 Å². The quantitative estimate of drug-likeness (QED) is 0.749. The highest BCUT2D eigenvalue weighted by atomic mass is 16.5. The van der Waals surface area contributed by atoms with E-state index in [1.165, 1.54) is 11.1 Å². The zero-order valence-electron chi connectivity index (χ0n) is 15.3. The molecule has 4 rings (SSSR count). The number of hydrogen-bond donors (Lipinski definition) is 2. The molecule has 2 aliphatic heterocycles. The van der Waals surface area contributed by atoms with Crippen LogP contribution in [0.25, 0.3) is 0 Å². The smallest absolute Gasteiger partial charge is 0.133 e. The zero-order valence-corrected chi connectivity index (χ0v) is 15.3. The van der Waals surface area contributed by atoms with E-state index in [9.17, 15) is 15.0 Å². The summed E-state index contributed by atoms with van der Waals surface area (Å²) in [5.74, 6) is 0.230. The number of ether oxygens (including phenoxy) is 1. The lowest BCUT2D eigenvalue weighted by atomic mass is 9.51. The van der Waals surface area contributed by atoms with Gasteiger partial charge in [-0.2, -0.15) is 0 Å². The molecule has 1 spiro atoms. The molecule has 142 valence electrons. The van der Waals surface area contributed by atoms with Crippen LogP contribution < -0.4 is 0 Å². The first-order valence-electron chi connectivity index (χ1n) is 9.77. The maximum atomic E-state index is 12.2. The van der Waals surface area contributed by atoms with Gasteiger partial charge < -0.3 is 14.9 Å². The summed E-state index contributed by atoms with van der Waals surface area (Å²) in [5.41, 5.74) is 1.05. The van der Waals surface area contributed by atoms with E-state index in [1.54, 1.807) is 6.08 Å². The molecule has 0 aromatic rings. The number of hydrogen-bond acceptors (Lipinski definition) is 5. The molecule has 0 radical (unpaired) electrons. The van der Waals surface area contributed by atoms with Gasteiger partial charge in [-0.25, -0.2) is 0 Å². The molecule has 4 atom stereocenters. The molecule has 5 heteroatoms. The van der Waals surface area contributed by atoms with Crippen molar-refractivity contribution in [3.63, 3.8) is 0 Å². The Morgan fingerprint density at radius 1 is 1.35 bits per heavy atom. The van der Waals surface area contributed by atoms with E-state index in [0.29, 0.717) is 32.3 Å². The van der Waals surface area contributed by atoms with E-state index in [4.69, 9.17) is 4.74 Å². The van der Waals surface area contributed by atoms with Gasteiger partial charge in [0.05, 0.1) is 30.3 Å². The van der Waals surface area contributed by atoms with Crippen LogP contribution >= 0.6 is 0 Å². The predicted molar refractivity (Wildman–Crippen MR) is 98.6 cm³/mol. The largest absolute Gasteiger partial charge is 0.392 e. The van der Waals surface area contributed by atoms with Crippen molar-refractivity contribution in [2.24, 2.45) is 5.41 Å². The molecule has 3 fully saturated rings. The number of carbonyl (C=O) groups is 1. The number of nitrogens with zero attached hydrogens (tertiary/aromatic N) is 1. The summed E-state index contributed by atoms with van der Waals surface area (Å²) in [5, 5.41) is 21.3. The van der Waals surface area contributed by atoms with E-state index in [2.05, 4.69) is 11.5 Å². The van der Waals surface area contributed by atoms with Crippen LogP contribution in [-0.2, 0) is 9.53 Å². The number of allylic oxidation sites excluding steroid dienone is 1. The molecule has 0 aromatic carbocycles. The maximum absolute atomic E-state index is 12.2. The number of ketones is 1. The number of aliphatic hydroxyl groups excluding tert-OH is 1. The molecule has 2 bridgehead atoms. The van der Waals surface area contributed by atoms with Gasteiger partial charge in [-0.05, 0) is 43.4 Å². The van der Waals surface area contributed by atoms with Crippen LogP contribution in [0.4, 0.5) is 0 Å². The van der Waals surface area contributed by atoms with E-state index in [-0.39, 0.29) is 24.5 Å². The van der Waals surface area contributed by atoms with Crippen molar-refractivity contribution in [1.82, 2.24) is 4.90 Å². The van der Waals surface area contributed by atoms with Gasteiger partial charge in [-0.15, -0.1) is 6.58 Å². The van der Waals surface area contributed by atoms with E-state index < -0.39 is 11.0 Å². The number of likely N-dealkylation sites (tertiary alicyclic amines) is 1. The van der Waals surface area contributed by atoms with Crippen molar-refractivity contribution < 1.29 is 19.7 Å². The van der Waals surface area contributed by atoms with Gasteiger partial charge >= 0.3 is 0 Å². The van der Waals surface area contributed by atoms with Gasteiger partial charge in [0.25, 0.3) is 0 Å². The van der Waals surface area contributed by atoms with Gasteiger partial charge in [0.1, 0.15) is 5.78 Å². The molecule has 2 N–H and O–H groups in total. The van der Waals surface area contributed by atoms with Gasteiger partial charge in [0.2, 0.25) is 0 Å². The minimum Gasteiger partial charge on any atom is -0.392 e. The number of aliphatic hydroxyl groups is 2. The minimum absolute atomic E-state index is 0.00781. The fourth-order valence-electron chi connectivity index (χ4n) is 6.02. The van der Waals surface area contributed by atoms with Crippen LogP contribution in [0.2, 0.25) is 0 Å². The minimum atomic E-state index is -0.947.